The molecule has 50 valence electrons. The van der Waals surface area contributed by atoms with E-state index in [0.717, 1.165) is 0 Å². The lowest BCUT2D eigenvalue weighted by Gasteiger charge is -2.00. The Kier molecular flexibility index (Phi) is 0.900. The Hall–Kier alpha value is -0.770. The highest BCUT2D eigenvalue weighted by Gasteiger charge is 2.35. The Bertz CT molecular complexity index is 134. The first-order chi connectivity index (χ1) is 4.36. The molecule has 2 aliphatic rings. The summed E-state index contributed by atoms with van der Waals surface area (Å²) < 4.78 is 5.08. The molecule has 4 heteroatoms. The summed E-state index contributed by atoms with van der Waals surface area (Å²) in [6.07, 6.45) is 0. The highest BCUT2D eigenvalue weighted by atomic mass is 16.5. The number of carbonyl (C=O) groups is 1. The number of rotatable bonds is 0. The van der Waals surface area contributed by atoms with Crippen LogP contribution in [0.25, 0.3) is 0 Å². The van der Waals surface area contributed by atoms with Crippen LogP contribution < -0.4 is 10.6 Å². The zero-order valence-corrected chi connectivity index (χ0v) is 4.89. The molecule has 2 saturated heterocycles. The Morgan fingerprint density at radius 3 is 2.44 bits per heavy atom. The normalized spacial score (nSPS) is 39.8. The van der Waals surface area contributed by atoms with Gasteiger partial charge in [0.1, 0.15) is 0 Å². The predicted octanol–water partition coefficient (Wildman–Crippen LogP) is -0.933. The van der Waals surface area contributed by atoms with E-state index in [1.165, 1.54) is 0 Å². The largest absolute Gasteiger partial charge is 0.377 e. The molecule has 2 fully saturated rings. The average Bonchev–Trinajstić information content (AvgIpc) is 2.22. The van der Waals surface area contributed by atoms with Crippen molar-refractivity contribution >= 4 is 6.03 Å². The van der Waals surface area contributed by atoms with Gasteiger partial charge >= 0.3 is 6.03 Å². The summed E-state index contributed by atoms with van der Waals surface area (Å²) in [7, 11) is 0. The molecule has 2 atom stereocenters. The molecule has 0 spiro atoms. The molecule has 0 aromatic rings. The molecular formula is C5H8N2O2. The first-order valence-corrected chi connectivity index (χ1v) is 3.01. The number of amides is 2. The van der Waals surface area contributed by atoms with Crippen LogP contribution in [0.5, 0.6) is 0 Å². The van der Waals surface area contributed by atoms with Crippen LogP contribution in [0.2, 0.25) is 0 Å². The number of fused-ring (bicyclic) bond motifs is 1. The highest BCUT2D eigenvalue weighted by Crippen LogP contribution is 2.09. The summed E-state index contributed by atoms with van der Waals surface area (Å²) in [5.41, 5.74) is 0. The Balaban J connectivity index is 2.09. The molecule has 2 heterocycles. The van der Waals surface area contributed by atoms with E-state index in [2.05, 4.69) is 10.6 Å². The van der Waals surface area contributed by atoms with E-state index in [9.17, 15) is 4.79 Å². The van der Waals surface area contributed by atoms with E-state index in [1.807, 2.05) is 0 Å². The smallest absolute Gasteiger partial charge is 0.315 e. The zero-order chi connectivity index (χ0) is 6.27. The Morgan fingerprint density at radius 2 is 1.89 bits per heavy atom. The van der Waals surface area contributed by atoms with Crippen molar-refractivity contribution < 1.29 is 9.53 Å². The molecule has 9 heavy (non-hydrogen) atoms. The summed E-state index contributed by atoms with van der Waals surface area (Å²) in [6.45, 7) is 1.31. The standard InChI is InChI=1S/C5H8N2O2/c8-5-6-3-1-9-2-4(3)7-5/h3-4H,1-2H2,(H2,6,7,8). The lowest BCUT2D eigenvalue weighted by molar-refractivity contribution is 0.179. The van der Waals surface area contributed by atoms with Crippen molar-refractivity contribution in [3.05, 3.63) is 0 Å². The van der Waals surface area contributed by atoms with Crippen molar-refractivity contribution in [1.29, 1.82) is 0 Å². The molecule has 0 aromatic carbocycles. The van der Waals surface area contributed by atoms with E-state index in [-0.39, 0.29) is 18.1 Å². The number of hydrogen-bond donors (Lipinski definition) is 2. The van der Waals surface area contributed by atoms with E-state index < -0.39 is 0 Å². The molecular weight excluding hydrogens is 120 g/mol. The quantitative estimate of drug-likeness (QED) is 0.442. The summed E-state index contributed by atoms with van der Waals surface area (Å²) in [5, 5.41) is 5.48. The molecule has 2 amide bonds. The van der Waals surface area contributed by atoms with Crippen molar-refractivity contribution in [3.63, 3.8) is 0 Å². The second-order valence-electron chi connectivity index (χ2n) is 2.37. The Morgan fingerprint density at radius 1 is 1.33 bits per heavy atom. The van der Waals surface area contributed by atoms with Gasteiger partial charge in [-0.3, -0.25) is 0 Å². The van der Waals surface area contributed by atoms with Crippen LogP contribution in [0.3, 0.4) is 0 Å². The van der Waals surface area contributed by atoms with Gasteiger partial charge in [-0.2, -0.15) is 0 Å². The van der Waals surface area contributed by atoms with Gasteiger partial charge < -0.3 is 15.4 Å². The minimum absolute atomic E-state index is 0.0618. The number of nitrogens with one attached hydrogen (secondary N) is 2. The van der Waals surface area contributed by atoms with Gasteiger partial charge in [0, 0.05) is 0 Å². The SMILES string of the molecule is O=C1NC2COCC2N1. The molecule has 0 aliphatic carbocycles. The predicted molar refractivity (Wildman–Crippen MR) is 30.1 cm³/mol. The van der Waals surface area contributed by atoms with Crippen molar-refractivity contribution in [2.75, 3.05) is 13.2 Å². The second kappa shape index (κ2) is 1.60. The summed E-state index contributed by atoms with van der Waals surface area (Å²) in [5.74, 6) is 0. The monoisotopic (exact) mass is 128 g/mol. The molecule has 0 bridgehead atoms. The maximum Gasteiger partial charge on any atom is 0.315 e. The van der Waals surface area contributed by atoms with Gasteiger partial charge in [0.15, 0.2) is 0 Å². The molecule has 2 rings (SSSR count). The van der Waals surface area contributed by atoms with Gasteiger partial charge in [-0.15, -0.1) is 0 Å². The van der Waals surface area contributed by atoms with E-state index in [1.54, 1.807) is 0 Å². The summed E-state index contributed by atoms with van der Waals surface area (Å²) in [4.78, 5) is 10.6. The van der Waals surface area contributed by atoms with Crippen LogP contribution in [0, 0.1) is 0 Å². The zero-order valence-electron chi connectivity index (χ0n) is 4.89. The fraction of sp³-hybridized carbons (Fsp3) is 0.800. The lowest BCUT2D eigenvalue weighted by Crippen LogP contribution is -2.31. The van der Waals surface area contributed by atoms with Gasteiger partial charge in [0.2, 0.25) is 0 Å². The van der Waals surface area contributed by atoms with Gasteiger partial charge in [-0.05, 0) is 0 Å². The van der Waals surface area contributed by atoms with Gasteiger partial charge in [-0.25, -0.2) is 4.79 Å². The van der Waals surface area contributed by atoms with E-state index in [0.29, 0.717) is 13.2 Å². The molecule has 4 nitrogen and oxygen atoms in total. The third-order valence-corrected chi connectivity index (χ3v) is 1.71. The maximum atomic E-state index is 10.6. The highest BCUT2D eigenvalue weighted by molar-refractivity contribution is 5.77. The van der Waals surface area contributed by atoms with Crippen LogP contribution in [0.4, 0.5) is 4.79 Å². The molecule has 0 saturated carbocycles. The van der Waals surface area contributed by atoms with E-state index in [4.69, 9.17) is 4.74 Å². The van der Waals surface area contributed by atoms with E-state index >= 15 is 0 Å². The van der Waals surface area contributed by atoms with Gasteiger partial charge in [-0.1, -0.05) is 0 Å². The number of urea groups is 1. The minimum atomic E-state index is -0.0618. The average molecular weight is 128 g/mol. The third kappa shape index (κ3) is 0.666. The molecule has 0 aromatic heterocycles. The van der Waals surface area contributed by atoms with Crippen molar-refractivity contribution in [3.8, 4) is 0 Å². The fourth-order valence-corrected chi connectivity index (χ4v) is 1.22. The molecule has 0 radical (unpaired) electrons. The van der Waals surface area contributed by atoms with Crippen LogP contribution in [0.15, 0.2) is 0 Å². The second-order valence-corrected chi connectivity index (χ2v) is 2.37. The summed E-state index contributed by atoms with van der Waals surface area (Å²) in [6, 6.07) is 0.378. The fourth-order valence-electron chi connectivity index (χ4n) is 1.22. The molecule has 2 aliphatic heterocycles. The number of hydrogen-bond acceptors (Lipinski definition) is 2. The van der Waals surface area contributed by atoms with Crippen LogP contribution in [-0.4, -0.2) is 31.3 Å². The van der Waals surface area contributed by atoms with Crippen molar-refractivity contribution in [2.45, 2.75) is 12.1 Å². The summed E-state index contributed by atoms with van der Waals surface area (Å²) >= 11 is 0. The van der Waals surface area contributed by atoms with Crippen LogP contribution >= 0.6 is 0 Å². The first-order valence-electron chi connectivity index (χ1n) is 3.01. The van der Waals surface area contributed by atoms with Crippen molar-refractivity contribution in [2.24, 2.45) is 0 Å². The maximum absolute atomic E-state index is 10.6. The third-order valence-electron chi connectivity index (χ3n) is 1.71. The van der Waals surface area contributed by atoms with Crippen LogP contribution in [-0.2, 0) is 4.74 Å². The topological polar surface area (TPSA) is 50.4 Å². The molecule has 2 unspecified atom stereocenters. The van der Waals surface area contributed by atoms with Crippen LogP contribution in [0.1, 0.15) is 0 Å². The lowest BCUT2D eigenvalue weighted by atomic mass is 10.2. The van der Waals surface area contributed by atoms with Gasteiger partial charge in [0.05, 0.1) is 25.3 Å². The minimum Gasteiger partial charge on any atom is -0.377 e. The first kappa shape index (κ1) is 5.05. The number of carbonyl (C=O) groups excluding carboxylic acids is 1. The molecule has 2 N–H and O–H groups in total. The Labute approximate surface area is 52.6 Å². The van der Waals surface area contributed by atoms with Gasteiger partial charge in [0.25, 0.3) is 0 Å². The van der Waals surface area contributed by atoms with Crippen molar-refractivity contribution in [1.82, 2.24) is 10.6 Å². The number of ether oxygens (including phenoxy) is 1.